The van der Waals surface area contributed by atoms with Crippen molar-refractivity contribution in [3.05, 3.63) is 37.4 Å². The summed E-state index contributed by atoms with van der Waals surface area (Å²) in [6.07, 6.45) is 0. The molecule has 0 heterocycles. The maximum Gasteiger partial charge on any atom is 0.270 e. The van der Waals surface area contributed by atoms with Crippen LogP contribution in [0.3, 0.4) is 0 Å². The van der Waals surface area contributed by atoms with Crippen LogP contribution in [-0.4, -0.2) is 33.1 Å². The number of carbonyl (C=O) groups is 1. The number of halogens is 1. The number of benzene rings is 1. The van der Waals surface area contributed by atoms with E-state index in [0.29, 0.717) is 15.1 Å². The lowest BCUT2D eigenvalue weighted by atomic mass is 10.2. The summed E-state index contributed by atoms with van der Waals surface area (Å²) in [5.41, 5.74) is 0.139. The zero-order valence-electron chi connectivity index (χ0n) is 10.2. The molecule has 1 aromatic rings. The molecule has 0 aliphatic heterocycles. The SMILES string of the molecule is CCS(=O)CCNC(=O)c1cc([N+](=O)[O-])ccc1I. The van der Waals surface area contributed by atoms with E-state index in [0.717, 1.165) is 0 Å². The summed E-state index contributed by atoms with van der Waals surface area (Å²) in [6.45, 7) is 2.10. The Morgan fingerprint density at radius 1 is 1.53 bits per heavy atom. The van der Waals surface area contributed by atoms with Crippen LogP contribution in [0, 0.1) is 13.7 Å². The fraction of sp³-hybridized carbons (Fsp3) is 0.364. The van der Waals surface area contributed by atoms with E-state index in [2.05, 4.69) is 5.32 Å². The highest BCUT2D eigenvalue weighted by Gasteiger charge is 2.15. The fourth-order valence-corrected chi connectivity index (χ4v) is 2.52. The van der Waals surface area contributed by atoms with Gasteiger partial charge in [-0.25, -0.2) is 0 Å². The van der Waals surface area contributed by atoms with Gasteiger partial charge >= 0.3 is 0 Å². The van der Waals surface area contributed by atoms with Gasteiger partial charge in [-0.15, -0.1) is 0 Å². The average Bonchev–Trinajstić information content (AvgIpc) is 2.38. The van der Waals surface area contributed by atoms with Crippen LogP contribution in [0.5, 0.6) is 0 Å². The topological polar surface area (TPSA) is 89.3 Å². The Bertz CT molecular complexity index is 521. The molecule has 104 valence electrons. The third kappa shape index (κ3) is 4.86. The molecule has 1 N–H and O–H groups in total. The molecule has 0 fully saturated rings. The van der Waals surface area contributed by atoms with Crippen molar-refractivity contribution in [1.29, 1.82) is 0 Å². The minimum Gasteiger partial charge on any atom is -0.351 e. The Morgan fingerprint density at radius 2 is 2.21 bits per heavy atom. The number of nitrogens with zero attached hydrogens (tertiary/aromatic N) is 1. The second-order valence-electron chi connectivity index (χ2n) is 3.61. The summed E-state index contributed by atoms with van der Waals surface area (Å²) >= 11 is 1.94. The maximum absolute atomic E-state index is 11.9. The first-order valence-electron chi connectivity index (χ1n) is 5.52. The molecule has 0 bridgehead atoms. The van der Waals surface area contributed by atoms with E-state index in [9.17, 15) is 19.1 Å². The van der Waals surface area contributed by atoms with Gasteiger partial charge in [0.25, 0.3) is 11.6 Å². The van der Waals surface area contributed by atoms with E-state index in [1.165, 1.54) is 18.2 Å². The summed E-state index contributed by atoms with van der Waals surface area (Å²) < 4.78 is 11.8. The van der Waals surface area contributed by atoms with Gasteiger partial charge in [0.1, 0.15) is 0 Å². The second kappa shape index (κ2) is 7.53. The molecule has 0 saturated carbocycles. The van der Waals surface area contributed by atoms with Gasteiger partial charge in [-0.3, -0.25) is 19.1 Å². The normalized spacial score (nSPS) is 11.9. The molecule has 0 radical (unpaired) electrons. The van der Waals surface area contributed by atoms with Crippen molar-refractivity contribution in [3.63, 3.8) is 0 Å². The quantitative estimate of drug-likeness (QED) is 0.450. The van der Waals surface area contributed by atoms with Crippen molar-refractivity contribution in [1.82, 2.24) is 5.32 Å². The molecule has 19 heavy (non-hydrogen) atoms. The van der Waals surface area contributed by atoms with Gasteiger partial charge in [0.05, 0.1) is 10.5 Å². The van der Waals surface area contributed by atoms with Gasteiger partial charge in [-0.1, -0.05) is 6.92 Å². The highest BCUT2D eigenvalue weighted by atomic mass is 127. The maximum atomic E-state index is 11.9. The first kappa shape index (κ1) is 16.0. The summed E-state index contributed by atoms with van der Waals surface area (Å²) in [5.74, 6) is 0.541. The minimum absolute atomic E-state index is 0.122. The average molecular weight is 396 g/mol. The van der Waals surface area contributed by atoms with E-state index in [1.807, 2.05) is 22.6 Å². The number of hydrogen-bond acceptors (Lipinski definition) is 4. The van der Waals surface area contributed by atoms with Gasteiger partial charge in [0.15, 0.2) is 0 Å². The number of nitro benzene ring substituents is 1. The van der Waals surface area contributed by atoms with E-state index in [4.69, 9.17) is 0 Å². The molecule has 8 heteroatoms. The fourth-order valence-electron chi connectivity index (χ4n) is 1.32. The number of rotatable bonds is 6. The summed E-state index contributed by atoms with van der Waals surface area (Å²) in [7, 11) is -0.942. The molecule has 1 amide bonds. The van der Waals surface area contributed by atoms with Crippen molar-refractivity contribution < 1.29 is 13.9 Å². The Balaban J connectivity index is 2.73. The third-order valence-corrected chi connectivity index (χ3v) is 4.59. The monoisotopic (exact) mass is 396 g/mol. The molecule has 0 aliphatic rings. The van der Waals surface area contributed by atoms with E-state index < -0.39 is 15.7 Å². The number of nitro groups is 1. The number of hydrogen-bond donors (Lipinski definition) is 1. The van der Waals surface area contributed by atoms with E-state index in [-0.39, 0.29) is 23.7 Å². The van der Waals surface area contributed by atoms with Gasteiger partial charge < -0.3 is 5.32 Å². The van der Waals surface area contributed by atoms with Crippen molar-refractivity contribution in [2.24, 2.45) is 0 Å². The zero-order valence-corrected chi connectivity index (χ0v) is 13.2. The van der Waals surface area contributed by atoms with Crippen LogP contribution in [0.25, 0.3) is 0 Å². The first-order chi connectivity index (χ1) is 8.95. The predicted octanol–water partition coefficient (Wildman–Crippen LogP) is 1.70. The standard InChI is InChI=1S/C11H13IN2O4S/c1-2-19(18)6-5-13-11(15)9-7-8(14(16)17)3-4-10(9)12/h3-4,7H,2,5-6H2,1H3,(H,13,15). The van der Waals surface area contributed by atoms with Gasteiger partial charge in [0, 0.05) is 44.6 Å². The second-order valence-corrected chi connectivity index (χ2v) is 6.64. The first-order valence-corrected chi connectivity index (χ1v) is 8.09. The predicted molar refractivity (Wildman–Crippen MR) is 81.7 cm³/mol. The van der Waals surface area contributed by atoms with Crippen LogP contribution in [0.1, 0.15) is 17.3 Å². The lowest BCUT2D eigenvalue weighted by Gasteiger charge is -2.06. The molecule has 0 aromatic heterocycles. The third-order valence-electron chi connectivity index (χ3n) is 2.34. The Kier molecular flexibility index (Phi) is 6.35. The van der Waals surface area contributed by atoms with Crippen LogP contribution >= 0.6 is 22.6 Å². The Hall–Kier alpha value is -1.03. The van der Waals surface area contributed by atoms with Crippen LogP contribution in [-0.2, 0) is 10.8 Å². The number of nitrogens with one attached hydrogen (secondary N) is 1. The number of non-ortho nitro benzene ring substituents is 1. The Labute approximate surface area is 126 Å². The van der Waals surface area contributed by atoms with Crippen LogP contribution < -0.4 is 5.32 Å². The number of carbonyl (C=O) groups excluding carboxylic acids is 1. The van der Waals surface area contributed by atoms with E-state index >= 15 is 0 Å². The molecule has 0 saturated heterocycles. The lowest BCUT2D eigenvalue weighted by Crippen LogP contribution is -2.28. The molecule has 0 aliphatic carbocycles. The molecule has 1 atom stereocenters. The van der Waals surface area contributed by atoms with Gasteiger partial charge in [0.2, 0.25) is 0 Å². The summed E-state index contributed by atoms with van der Waals surface area (Å²) in [5, 5.41) is 13.3. The number of amides is 1. The zero-order chi connectivity index (χ0) is 14.4. The summed E-state index contributed by atoms with van der Waals surface area (Å²) in [4.78, 5) is 22.0. The molecular formula is C11H13IN2O4S. The van der Waals surface area contributed by atoms with Crippen LogP contribution in [0.4, 0.5) is 5.69 Å². The van der Waals surface area contributed by atoms with Crippen molar-refractivity contribution in [2.45, 2.75) is 6.92 Å². The molecular weight excluding hydrogens is 383 g/mol. The van der Waals surface area contributed by atoms with E-state index in [1.54, 1.807) is 6.92 Å². The van der Waals surface area contributed by atoms with Crippen molar-refractivity contribution in [2.75, 3.05) is 18.1 Å². The van der Waals surface area contributed by atoms with Crippen LogP contribution in [0.15, 0.2) is 18.2 Å². The highest BCUT2D eigenvalue weighted by Crippen LogP contribution is 2.19. The Morgan fingerprint density at radius 3 is 2.79 bits per heavy atom. The lowest BCUT2D eigenvalue weighted by molar-refractivity contribution is -0.384. The summed E-state index contributed by atoms with van der Waals surface area (Å²) in [6, 6.07) is 4.12. The van der Waals surface area contributed by atoms with Gasteiger partial charge in [-0.2, -0.15) is 0 Å². The smallest absolute Gasteiger partial charge is 0.270 e. The van der Waals surface area contributed by atoms with Crippen LogP contribution in [0.2, 0.25) is 0 Å². The molecule has 1 rings (SSSR count). The molecule has 1 unspecified atom stereocenters. The molecule has 1 aromatic carbocycles. The van der Waals surface area contributed by atoms with Crippen molar-refractivity contribution in [3.8, 4) is 0 Å². The molecule has 0 spiro atoms. The minimum atomic E-state index is -0.942. The van der Waals surface area contributed by atoms with Crippen molar-refractivity contribution >= 4 is 45.0 Å². The largest absolute Gasteiger partial charge is 0.351 e. The highest BCUT2D eigenvalue weighted by molar-refractivity contribution is 14.1. The van der Waals surface area contributed by atoms with Gasteiger partial charge in [-0.05, 0) is 28.7 Å². The molecule has 6 nitrogen and oxygen atoms in total.